The molecule has 1 fully saturated rings. The molecular weight excluding hydrogens is 319 g/mol. The number of rotatable bonds is 2. The molecular formula is C12H10F3N5OS. The Kier molecular flexibility index (Phi) is 4.04. The predicted molar refractivity (Wildman–Crippen MR) is 78.4 cm³/mol. The van der Waals surface area contributed by atoms with Gasteiger partial charge in [0.25, 0.3) is 0 Å². The van der Waals surface area contributed by atoms with Gasteiger partial charge in [0, 0.05) is 0 Å². The molecule has 0 atom stereocenters. The van der Waals surface area contributed by atoms with E-state index in [4.69, 9.17) is 5.73 Å². The molecule has 1 aromatic carbocycles. The number of benzene rings is 1. The third-order valence-corrected chi connectivity index (χ3v) is 2.83. The lowest BCUT2D eigenvalue weighted by atomic mass is 10.2. The van der Waals surface area contributed by atoms with Crippen LogP contribution < -0.4 is 16.6 Å². The summed E-state index contributed by atoms with van der Waals surface area (Å²) in [5.74, 6) is -0.656. The highest BCUT2D eigenvalue weighted by atomic mass is 32.1. The number of hydrogen-bond acceptors (Lipinski definition) is 5. The zero-order valence-electron chi connectivity index (χ0n) is 10.9. The van der Waals surface area contributed by atoms with Gasteiger partial charge in [0.05, 0.1) is 16.9 Å². The molecule has 116 valence electrons. The topological polar surface area (TPSA) is 82.8 Å². The van der Waals surface area contributed by atoms with Crippen molar-refractivity contribution >= 4 is 34.6 Å². The summed E-state index contributed by atoms with van der Waals surface area (Å²) in [6.45, 7) is 3.55. The van der Waals surface area contributed by atoms with E-state index in [1.807, 2.05) is 0 Å². The number of nitrogens with one attached hydrogen (secondary N) is 2. The minimum Gasteiger partial charge on any atom is -0.374 e. The molecule has 1 aliphatic heterocycles. The zero-order chi connectivity index (χ0) is 16.5. The molecule has 1 aliphatic rings. The summed E-state index contributed by atoms with van der Waals surface area (Å²) >= 11 is 4.65. The van der Waals surface area contributed by atoms with Gasteiger partial charge in [-0.2, -0.15) is 23.3 Å². The minimum absolute atomic E-state index is 0.0664. The van der Waals surface area contributed by atoms with Crippen LogP contribution in [-0.4, -0.2) is 21.7 Å². The lowest BCUT2D eigenvalue weighted by Gasteiger charge is -2.11. The SMILES string of the molecule is C=C1NN(C(N)=S)C(=O)/C1=N/Nc1cccc(C(F)(F)F)c1. The van der Waals surface area contributed by atoms with Gasteiger partial charge in [0.2, 0.25) is 0 Å². The standard InChI is InChI=1S/C12H10F3N5OS/c1-6-9(10(21)20(19-6)11(16)22)18-17-8-4-2-3-7(5-8)12(13,14)15/h2-5,17,19H,1H2,(H2,16,22)/b18-9+. The van der Waals surface area contributed by atoms with Crippen LogP contribution in [0, 0.1) is 0 Å². The molecule has 0 saturated carbocycles. The summed E-state index contributed by atoms with van der Waals surface area (Å²) in [6, 6.07) is 4.38. The van der Waals surface area contributed by atoms with Gasteiger partial charge >= 0.3 is 12.1 Å². The Bertz CT molecular complexity index is 686. The molecule has 2 rings (SSSR count). The Labute approximate surface area is 128 Å². The van der Waals surface area contributed by atoms with Crippen molar-refractivity contribution in [3.05, 3.63) is 42.1 Å². The first kappa shape index (κ1) is 15.8. The maximum atomic E-state index is 12.6. The number of carbonyl (C=O) groups is 1. The number of hydrogen-bond donors (Lipinski definition) is 3. The third-order valence-electron chi connectivity index (χ3n) is 2.65. The smallest absolute Gasteiger partial charge is 0.374 e. The lowest BCUT2D eigenvalue weighted by molar-refractivity contribution is -0.137. The molecule has 1 saturated heterocycles. The lowest BCUT2D eigenvalue weighted by Crippen LogP contribution is -2.43. The molecule has 1 aromatic rings. The molecule has 0 aliphatic carbocycles. The van der Waals surface area contributed by atoms with Gasteiger partial charge < -0.3 is 5.73 Å². The molecule has 1 heterocycles. The molecule has 1 amide bonds. The second-order valence-corrected chi connectivity index (χ2v) is 4.64. The highest BCUT2D eigenvalue weighted by molar-refractivity contribution is 7.80. The monoisotopic (exact) mass is 329 g/mol. The van der Waals surface area contributed by atoms with Crippen LogP contribution in [0.4, 0.5) is 18.9 Å². The molecule has 6 nitrogen and oxygen atoms in total. The number of anilines is 1. The number of carbonyl (C=O) groups excluding carboxylic acids is 1. The van der Waals surface area contributed by atoms with E-state index in [2.05, 4.69) is 34.7 Å². The van der Waals surface area contributed by atoms with Crippen molar-refractivity contribution in [2.45, 2.75) is 6.18 Å². The van der Waals surface area contributed by atoms with Crippen LogP contribution in [-0.2, 0) is 11.0 Å². The summed E-state index contributed by atoms with van der Waals surface area (Å²) in [5.41, 5.74) is 9.41. The minimum atomic E-state index is -4.47. The van der Waals surface area contributed by atoms with E-state index >= 15 is 0 Å². The summed E-state index contributed by atoms with van der Waals surface area (Å²) < 4.78 is 37.8. The fraction of sp³-hybridized carbons (Fsp3) is 0.0833. The first-order valence-corrected chi connectivity index (χ1v) is 6.22. The Balaban J connectivity index is 2.20. The van der Waals surface area contributed by atoms with Gasteiger partial charge in [0.1, 0.15) is 0 Å². The fourth-order valence-electron chi connectivity index (χ4n) is 1.63. The summed E-state index contributed by atoms with van der Waals surface area (Å²) in [6.07, 6.45) is -4.47. The molecule has 10 heteroatoms. The fourth-order valence-corrected chi connectivity index (χ4v) is 1.76. The van der Waals surface area contributed by atoms with Crippen molar-refractivity contribution in [2.24, 2.45) is 10.8 Å². The van der Waals surface area contributed by atoms with Crippen molar-refractivity contribution in [1.29, 1.82) is 0 Å². The molecule has 0 bridgehead atoms. The van der Waals surface area contributed by atoms with Crippen LogP contribution in [0.15, 0.2) is 41.6 Å². The normalized spacial score (nSPS) is 16.9. The number of alkyl halides is 3. The Morgan fingerprint density at radius 2 is 2.14 bits per heavy atom. The average Bonchev–Trinajstić information content (AvgIpc) is 2.71. The molecule has 0 radical (unpaired) electrons. The second kappa shape index (κ2) is 5.64. The largest absolute Gasteiger partial charge is 0.416 e. The third kappa shape index (κ3) is 3.17. The van der Waals surface area contributed by atoms with Crippen molar-refractivity contribution in [2.75, 3.05) is 5.43 Å². The van der Waals surface area contributed by atoms with Gasteiger partial charge in [0.15, 0.2) is 10.8 Å². The van der Waals surface area contributed by atoms with Crippen LogP contribution in [0.25, 0.3) is 0 Å². The van der Waals surface area contributed by atoms with E-state index in [1.165, 1.54) is 12.1 Å². The highest BCUT2D eigenvalue weighted by Gasteiger charge is 2.33. The van der Waals surface area contributed by atoms with Gasteiger partial charge in [-0.25, -0.2) is 0 Å². The van der Waals surface area contributed by atoms with E-state index < -0.39 is 17.6 Å². The molecule has 0 aromatic heterocycles. The first-order valence-electron chi connectivity index (χ1n) is 5.81. The van der Waals surface area contributed by atoms with Gasteiger partial charge in [-0.05, 0) is 30.4 Å². The van der Waals surface area contributed by atoms with Gasteiger partial charge in [-0.3, -0.25) is 15.6 Å². The highest BCUT2D eigenvalue weighted by Crippen LogP contribution is 2.30. The molecule has 0 spiro atoms. The zero-order valence-corrected chi connectivity index (χ0v) is 11.8. The number of hydrazone groups is 1. The quantitative estimate of drug-likeness (QED) is 0.567. The predicted octanol–water partition coefficient (Wildman–Crippen LogP) is 1.58. The number of hydrazine groups is 1. The van der Waals surface area contributed by atoms with Crippen molar-refractivity contribution < 1.29 is 18.0 Å². The first-order chi connectivity index (χ1) is 10.2. The number of nitrogens with zero attached hydrogens (tertiary/aromatic N) is 2. The Hall–Kier alpha value is -2.62. The Morgan fingerprint density at radius 3 is 2.68 bits per heavy atom. The number of halogens is 3. The van der Waals surface area contributed by atoms with Crippen LogP contribution in [0.5, 0.6) is 0 Å². The maximum Gasteiger partial charge on any atom is 0.416 e. The number of nitrogens with two attached hydrogens (primary N) is 1. The molecule has 4 N–H and O–H groups in total. The number of thiocarbonyl (C=S) groups is 1. The second-order valence-electron chi connectivity index (χ2n) is 4.22. The summed E-state index contributed by atoms with van der Waals surface area (Å²) in [4.78, 5) is 11.9. The van der Waals surface area contributed by atoms with Crippen molar-refractivity contribution in [3.63, 3.8) is 0 Å². The van der Waals surface area contributed by atoms with E-state index in [0.717, 1.165) is 17.1 Å². The van der Waals surface area contributed by atoms with E-state index in [0.29, 0.717) is 0 Å². The maximum absolute atomic E-state index is 12.6. The number of amides is 1. The Morgan fingerprint density at radius 1 is 1.45 bits per heavy atom. The van der Waals surface area contributed by atoms with E-state index in [-0.39, 0.29) is 22.2 Å². The van der Waals surface area contributed by atoms with Crippen molar-refractivity contribution in [1.82, 2.24) is 10.4 Å². The average molecular weight is 329 g/mol. The van der Waals surface area contributed by atoms with Crippen LogP contribution in [0.2, 0.25) is 0 Å². The van der Waals surface area contributed by atoms with E-state index in [1.54, 1.807) is 0 Å². The van der Waals surface area contributed by atoms with Gasteiger partial charge in [-0.1, -0.05) is 12.6 Å². The van der Waals surface area contributed by atoms with Crippen LogP contribution in [0.1, 0.15) is 5.56 Å². The van der Waals surface area contributed by atoms with Crippen LogP contribution >= 0.6 is 12.2 Å². The van der Waals surface area contributed by atoms with E-state index in [9.17, 15) is 18.0 Å². The molecule has 22 heavy (non-hydrogen) atoms. The summed E-state index contributed by atoms with van der Waals surface area (Å²) in [7, 11) is 0. The summed E-state index contributed by atoms with van der Waals surface area (Å²) in [5, 5.41) is 4.37. The van der Waals surface area contributed by atoms with Crippen LogP contribution in [0.3, 0.4) is 0 Å². The molecule has 0 unspecified atom stereocenters. The van der Waals surface area contributed by atoms with Crippen molar-refractivity contribution in [3.8, 4) is 0 Å². The van der Waals surface area contributed by atoms with Gasteiger partial charge in [-0.15, -0.1) is 0 Å².